The molecule has 178 valence electrons. The van der Waals surface area contributed by atoms with Crippen LogP contribution in [0.25, 0.3) is 16.9 Å². The van der Waals surface area contributed by atoms with E-state index in [2.05, 4.69) is 31.2 Å². The molecule has 0 saturated carbocycles. The van der Waals surface area contributed by atoms with Crippen LogP contribution in [0.2, 0.25) is 0 Å². The van der Waals surface area contributed by atoms with Gasteiger partial charge in [-0.1, -0.05) is 6.07 Å². The molecule has 4 heterocycles. The van der Waals surface area contributed by atoms with Crippen LogP contribution in [0.1, 0.15) is 34.6 Å². The Morgan fingerprint density at radius 1 is 1.11 bits per heavy atom. The largest absolute Gasteiger partial charge is 0.327 e. The normalized spacial score (nSPS) is 16.2. The van der Waals surface area contributed by atoms with Crippen LogP contribution in [0.15, 0.2) is 73.4 Å². The summed E-state index contributed by atoms with van der Waals surface area (Å²) in [7, 11) is 0. The minimum Gasteiger partial charge on any atom is -0.327 e. The molecule has 8 heteroatoms. The summed E-state index contributed by atoms with van der Waals surface area (Å²) in [4.78, 5) is 28.5. The number of imidazole rings is 1. The van der Waals surface area contributed by atoms with Gasteiger partial charge in [-0.2, -0.15) is 0 Å². The van der Waals surface area contributed by atoms with E-state index in [4.69, 9.17) is 5.73 Å². The van der Waals surface area contributed by atoms with Gasteiger partial charge in [0.2, 0.25) is 0 Å². The minimum atomic E-state index is -0.271. The Hall–Kier alpha value is -3.88. The number of carbonyl (C=O) groups is 1. The number of anilines is 1. The molecule has 0 spiro atoms. The molecule has 1 unspecified atom stereocenters. The molecular formula is C27H29N7O. The molecule has 0 aliphatic carbocycles. The van der Waals surface area contributed by atoms with E-state index < -0.39 is 0 Å². The molecule has 0 radical (unpaired) electrons. The first-order valence-electron chi connectivity index (χ1n) is 11.9. The van der Waals surface area contributed by atoms with Crippen molar-refractivity contribution in [1.29, 1.82) is 0 Å². The molecule has 1 saturated heterocycles. The maximum absolute atomic E-state index is 13.2. The van der Waals surface area contributed by atoms with Crippen LogP contribution >= 0.6 is 0 Å². The fraction of sp³-hybridized carbons (Fsp3) is 0.259. The van der Waals surface area contributed by atoms with Crippen LogP contribution in [0.3, 0.4) is 0 Å². The molecule has 1 aliphatic rings. The predicted molar refractivity (Wildman–Crippen MR) is 136 cm³/mol. The first kappa shape index (κ1) is 22.9. The van der Waals surface area contributed by atoms with Gasteiger partial charge < -0.3 is 15.6 Å². The lowest BCUT2D eigenvalue weighted by Gasteiger charge is -2.30. The molecule has 35 heavy (non-hydrogen) atoms. The molecule has 1 atom stereocenters. The number of pyridine rings is 2. The Labute approximate surface area is 204 Å². The van der Waals surface area contributed by atoms with Gasteiger partial charge in [0.15, 0.2) is 0 Å². The van der Waals surface area contributed by atoms with Crippen LogP contribution in [0.4, 0.5) is 5.69 Å². The van der Waals surface area contributed by atoms with Crippen LogP contribution in [-0.4, -0.2) is 49.5 Å². The number of benzene rings is 1. The number of hydrogen-bond acceptors (Lipinski definition) is 6. The average Bonchev–Trinajstić information content (AvgIpc) is 3.31. The van der Waals surface area contributed by atoms with Gasteiger partial charge in [-0.05, 0) is 74.3 Å². The molecular weight excluding hydrogens is 438 g/mol. The van der Waals surface area contributed by atoms with Gasteiger partial charge in [-0.25, -0.2) is 4.98 Å². The SMILES string of the molecule is Cc1cn(-c2cc(CN3CCCC(N)C3)cc(NC(=O)c3cc(-c4ccccn4)ccn3)c2)cn1. The third-order valence-corrected chi connectivity index (χ3v) is 6.15. The summed E-state index contributed by atoms with van der Waals surface area (Å²) in [5, 5.41) is 3.04. The second-order valence-corrected chi connectivity index (χ2v) is 9.05. The first-order valence-corrected chi connectivity index (χ1v) is 11.9. The van der Waals surface area contributed by atoms with Gasteiger partial charge in [0.25, 0.3) is 5.91 Å². The molecule has 8 nitrogen and oxygen atoms in total. The van der Waals surface area contributed by atoms with Crippen molar-refractivity contribution in [3.8, 4) is 16.9 Å². The van der Waals surface area contributed by atoms with Gasteiger partial charge in [0.1, 0.15) is 5.69 Å². The fourth-order valence-corrected chi connectivity index (χ4v) is 4.48. The van der Waals surface area contributed by atoms with E-state index in [1.165, 1.54) is 0 Å². The molecule has 1 amide bonds. The number of nitrogens with zero attached hydrogens (tertiary/aromatic N) is 5. The highest BCUT2D eigenvalue weighted by molar-refractivity contribution is 6.03. The van der Waals surface area contributed by atoms with Crippen molar-refractivity contribution < 1.29 is 4.79 Å². The molecule has 1 aromatic carbocycles. The second kappa shape index (κ2) is 10.2. The number of nitrogens with one attached hydrogen (secondary N) is 1. The third-order valence-electron chi connectivity index (χ3n) is 6.15. The second-order valence-electron chi connectivity index (χ2n) is 9.05. The quantitative estimate of drug-likeness (QED) is 0.447. The third kappa shape index (κ3) is 5.62. The van der Waals surface area contributed by atoms with E-state index in [1.807, 2.05) is 54.1 Å². The number of carbonyl (C=O) groups excluding carboxylic acids is 1. The summed E-state index contributed by atoms with van der Waals surface area (Å²) < 4.78 is 1.97. The van der Waals surface area contributed by atoms with Crippen molar-refractivity contribution in [3.05, 3.63) is 90.4 Å². The van der Waals surface area contributed by atoms with Crippen molar-refractivity contribution in [3.63, 3.8) is 0 Å². The number of piperidine rings is 1. The lowest BCUT2D eigenvalue weighted by Crippen LogP contribution is -2.42. The standard InChI is InChI=1S/C27H29N7O/c1-19-15-34(18-31-19)24-12-20(16-33-10-4-5-22(28)17-33)11-23(14-24)32-27(35)26-13-21(7-9-30-26)25-6-2-3-8-29-25/h2-3,6-9,11-15,18,22H,4-5,10,16-17,28H2,1H3,(H,32,35). The highest BCUT2D eigenvalue weighted by atomic mass is 16.1. The molecule has 5 rings (SSSR count). The Kier molecular flexibility index (Phi) is 6.65. The fourth-order valence-electron chi connectivity index (χ4n) is 4.48. The number of aryl methyl sites for hydroxylation is 1. The maximum Gasteiger partial charge on any atom is 0.274 e. The Morgan fingerprint density at radius 3 is 2.80 bits per heavy atom. The van der Waals surface area contributed by atoms with E-state index in [9.17, 15) is 4.79 Å². The van der Waals surface area contributed by atoms with Gasteiger partial charge in [-0.15, -0.1) is 0 Å². The number of aromatic nitrogens is 4. The van der Waals surface area contributed by atoms with Crippen LogP contribution < -0.4 is 11.1 Å². The van der Waals surface area contributed by atoms with Crippen molar-refractivity contribution >= 4 is 11.6 Å². The lowest BCUT2D eigenvalue weighted by molar-refractivity contribution is 0.102. The Bertz CT molecular complexity index is 1320. The number of likely N-dealkylation sites (tertiary alicyclic amines) is 1. The van der Waals surface area contributed by atoms with Crippen molar-refractivity contribution in [2.24, 2.45) is 5.73 Å². The van der Waals surface area contributed by atoms with Crippen molar-refractivity contribution in [1.82, 2.24) is 24.4 Å². The zero-order chi connectivity index (χ0) is 24.2. The zero-order valence-corrected chi connectivity index (χ0v) is 19.8. The Morgan fingerprint density at radius 2 is 2.03 bits per heavy atom. The van der Waals surface area contributed by atoms with E-state index in [1.54, 1.807) is 24.8 Å². The number of nitrogens with two attached hydrogens (primary N) is 1. The van der Waals surface area contributed by atoms with Crippen LogP contribution in [-0.2, 0) is 6.54 Å². The van der Waals surface area contributed by atoms with Gasteiger partial charge >= 0.3 is 0 Å². The van der Waals surface area contributed by atoms with Gasteiger partial charge in [-0.3, -0.25) is 19.7 Å². The molecule has 4 aromatic rings. The number of hydrogen-bond donors (Lipinski definition) is 2. The highest BCUT2D eigenvalue weighted by Gasteiger charge is 2.18. The smallest absolute Gasteiger partial charge is 0.274 e. The van der Waals surface area contributed by atoms with E-state index in [-0.39, 0.29) is 11.9 Å². The summed E-state index contributed by atoms with van der Waals surface area (Å²) in [6, 6.07) is 15.6. The molecule has 3 aromatic heterocycles. The maximum atomic E-state index is 13.2. The Balaban J connectivity index is 1.42. The molecule has 1 aliphatic heterocycles. The summed E-state index contributed by atoms with van der Waals surface area (Å²) in [6.07, 6.45) is 9.29. The zero-order valence-electron chi connectivity index (χ0n) is 19.8. The average molecular weight is 468 g/mol. The van der Waals surface area contributed by atoms with Crippen molar-refractivity contribution in [2.45, 2.75) is 32.4 Å². The minimum absolute atomic E-state index is 0.208. The van der Waals surface area contributed by atoms with Gasteiger partial charge in [0, 0.05) is 54.7 Å². The summed E-state index contributed by atoms with van der Waals surface area (Å²) >= 11 is 0. The first-order chi connectivity index (χ1) is 17.0. The molecule has 1 fully saturated rings. The van der Waals surface area contributed by atoms with Crippen LogP contribution in [0, 0.1) is 6.92 Å². The number of amides is 1. The summed E-state index contributed by atoms with van der Waals surface area (Å²) in [6.45, 7) is 4.62. The van der Waals surface area contributed by atoms with E-state index in [0.717, 1.165) is 60.7 Å². The summed E-state index contributed by atoms with van der Waals surface area (Å²) in [5.74, 6) is -0.271. The van der Waals surface area contributed by atoms with Crippen LogP contribution in [0.5, 0.6) is 0 Å². The molecule has 0 bridgehead atoms. The van der Waals surface area contributed by atoms with Gasteiger partial charge in [0.05, 0.1) is 17.7 Å². The van der Waals surface area contributed by atoms with E-state index in [0.29, 0.717) is 11.4 Å². The topological polar surface area (TPSA) is 102 Å². The molecule has 3 N–H and O–H groups in total. The number of rotatable bonds is 6. The lowest BCUT2D eigenvalue weighted by atomic mass is 10.1. The monoisotopic (exact) mass is 467 g/mol. The highest BCUT2D eigenvalue weighted by Crippen LogP contribution is 2.23. The predicted octanol–water partition coefficient (Wildman–Crippen LogP) is 3.81. The summed E-state index contributed by atoms with van der Waals surface area (Å²) in [5.41, 5.74) is 11.8. The van der Waals surface area contributed by atoms with E-state index >= 15 is 0 Å². The van der Waals surface area contributed by atoms with Crippen molar-refractivity contribution in [2.75, 3.05) is 18.4 Å².